The topological polar surface area (TPSA) is 15.6 Å². The number of thioether (sulfide) groups is 1. The molecule has 0 spiro atoms. The number of rotatable bonds is 2. The Labute approximate surface area is 127 Å². The van der Waals surface area contributed by atoms with E-state index in [0.29, 0.717) is 16.0 Å². The molecule has 0 atom stereocenters. The van der Waals surface area contributed by atoms with Crippen molar-refractivity contribution >= 4 is 45.8 Å². The lowest BCUT2D eigenvalue weighted by molar-refractivity contribution is 0.641. The fourth-order valence-electron chi connectivity index (χ4n) is 2.33. The van der Waals surface area contributed by atoms with Crippen molar-refractivity contribution in [3.8, 4) is 0 Å². The fourth-order valence-corrected chi connectivity index (χ4v) is 3.84. The first kappa shape index (κ1) is 13.3. The highest BCUT2D eigenvalue weighted by Crippen LogP contribution is 2.45. The van der Waals surface area contributed by atoms with Crippen LogP contribution in [0.4, 0.5) is 0 Å². The Kier molecular flexibility index (Phi) is 3.54. The van der Waals surface area contributed by atoms with Crippen LogP contribution in [-0.2, 0) is 0 Å². The number of hydrogen-bond donors (Lipinski definition) is 0. The number of allylic oxidation sites excluding steroid dienone is 1. The first-order valence-corrected chi connectivity index (χ1v) is 7.84. The number of halogens is 2. The highest BCUT2D eigenvalue weighted by atomic mass is 35.5. The van der Waals surface area contributed by atoms with Crippen LogP contribution < -0.4 is 0 Å². The standard InChI is InChI=1S/C14H14Cl2N2S/c1-8(2)13-12(18-6-5-17-14(18)19-13)9-3-4-10(15)11(16)7-9/h3-4,7-8H,5-6H2,1-2H3. The molecule has 0 amide bonds. The molecule has 1 aromatic rings. The molecule has 2 aliphatic heterocycles. The predicted molar refractivity (Wildman–Crippen MR) is 84.8 cm³/mol. The number of fused-ring (bicyclic) bond motifs is 1. The first-order chi connectivity index (χ1) is 9.08. The molecule has 2 nitrogen and oxygen atoms in total. The zero-order valence-corrected chi connectivity index (χ0v) is 13.1. The van der Waals surface area contributed by atoms with Gasteiger partial charge in [0.25, 0.3) is 0 Å². The number of nitrogens with zero attached hydrogens (tertiary/aromatic N) is 2. The Bertz CT molecular complexity index is 593. The van der Waals surface area contributed by atoms with Crippen molar-refractivity contribution in [3.63, 3.8) is 0 Å². The van der Waals surface area contributed by atoms with Gasteiger partial charge in [0.15, 0.2) is 5.17 Å². The molecule has 0 radical (unpaired) electrons. The molecule has 100 valence electrons. The molecular weight excluding hydrogens is 299 g/mol. The van der Waals surface area contributed by atoms with Crippen molar-refractivity contribution in [3.05, 3.63) is 38.7 Å². The van der Waals surface area contributed by atoms with Gasteiger partial charge in [0.2, 0.25) is 0 Å². The first-order valence-electron chi connectivity index (χ1n) is 6.27. The van der Waals surface area contributed by atoms with E-state index >= 15 is 0 Å². The minimum Gasteiger partial charge on any atom is -0.318 e. The van der Waals surface area contributed by atoms with Crippen molar-refractivity contribution in [2.75, 3.05) is 13.1 Å². The second kappa shape index (κ2) is 5.04. The van der Waals surface area contributed by atoms with E-state index in [4.69, 9.17) is 23.2 Å². The van der Waals surface area contributed by atoms with Gasteiger partial charge < -0.3 is 4.90 Å². The lowest BCUT2D eigenvalue weighted by atomic mass is 10.1. The van der Waals surface area contributed by atoms with Crippen LogP contribution in [0, 0.1) is 5.92 Å². The van der Waals surface area contributed by atoms with Crippen LogP contribution in [0.25, 0.3) is 5.70 Å². The smallest absolute Gasteiger partial charge is 0.168 e. The Balaban J connectivity index is 2.10. The number of amidine groups is 1. The summed E-state index contributed by atoms with van der Waals surface area (Å²) < 4.78 is 0. The summed E-state index contributed by atoms with van der Waals surface area (Å²) in [5.41, 5.74) is 2.37. The molecule has 3 rings (SSSR count). The van der Waals surface area contributed by atoms with Crippen molar-refractivity contribution < 1.29 is 0 Å². The molecule has 5 heteroatoms. The van der Waals surface area contributed by atoms with Gasteiger partial charge >= 0.3 is 0 Å². The van der Waals surface area contributed by atoms with Crippen LogP contribution in [0.15, 0.2) is 28.1 Å². The van der Waals surface area contributed by atoms with E-state index in [-0.39, 0.29) is 0 Å². The second-order valence-corrected chi connectivity index (χ2v) is 6.74. The van der Waals surface area contributed by atoms with E-state index in [1.807, 2.05) is 18.2 Å². The Morgan fingerprint density at radius 2 is 2.05 bits per heavy atom. The maximum atomic E-state index is 6.15. The Morgan fingerprint density at radius 1 is 1.26 bits per heavy atom. The molecule has 0 aliphatic carbocycles. The van der Waals surface area contributed by atoms with Crippen molar-refractivity contribution in [1.29, 1.82) is 0 Å². The molecule has 0 saturated carbocycles. The molecule has 1 aromatic carbocycles. The summed E-state index contributed by atoms with van der Waals surface area (Å²) in [6.45, 7) is 6.25. The highest BCUT2D eigenvalue weighted by molar-refractivity contribution is 8.17. The van der Waals surface area contributed by atoms with Crippen LogP contribution in [0.1, 0.15) is 19.4 Å². The Morgan fingerprint density at radius 3 is 2.74 bits per heavy atom. The van der Waals surface area contributed by atoms with Gasteiger partial charge in [-0.05, 0) is 18.1 Å². The molecule has 2 heterocycles. The van der Waals surface area contributed by atoms with Gasteiger partial charge in [-0.15, -0.1) is 0 Å². The average molecular weight is 313 g/mol. The predicted octanol–water partition coefficient (Wildman–Crippen LogP) is 4.74. The largest absolute Gasteiger partial charge is 0.318 e. The lowest BCUT2D eigenvalue weighted by Gasteiger charge is -2.18. The fraction of sp³-hybridized carbons (Fsp3) is 0.357. The third-order valence-corrected chi connectivity index (χ3v) is 5.38. The third-order valence-electron chi connectivity index (χ3n) is 3.22. The molecule has 0 bridgehead atoms. The van der Waals surface area contributed by atoms with E-state index in [1.165, 1.54) is 10.6 Å². The van der Waals surface area contributed by atoms with Crippen molar-refractivity contribution in [1.82, 2.24) is 4.90 Å². The maximum absolute atomic E-state index is 6.15. The van der Waals surface area contributed by atoms with Gasteiger partial charge in [-0.25, -0.2) is 0 Å². The van der Waals surface area contributed by atoms with E-state index in [0.717, 1.165) is 23.8 Å². The van der Waals surface area contributed by atoms with Gasteiger partial charge in [0.05, 0.1) is 22.3 Å². The maximum Gasteiger partial charge on any atom is 0.168 e. The Hall–Kier alpha value is -0.640. The van der Waals surface area contributed by atoms with Crippen molar-refractivity contribution in [2.24, 2.45) is 10.9 Å². The van der Waals surface area contributed by atoms with Gasteiger partial charge in [0, 0.05) is 17.0 Å². The molecule has 0 fully saturated rings. The number of hydrogen-bond acceptors (Lipinski definition) is 3. The molecule has 0 saturated heterocycles. The number of aliphatic imine (C=N–C) groups is 1. The molecule has 0 N–H and O–H groups in total. The van der Waals surface area contributed by atoms with Crippen LogP contribution in [-0.4, -0.2) is 23.2 Å². The summed E-state index contributed by atoms with van der Waals surface area (Å²) in [6, 6.07) is 5.84. The van der Waals surface area contributed by atoms with Crippen LogP contribution in [0.5, 0.6) is 0 Å². The van der Waals surface area contributed by atoms with E-state index in [1.54, 1.807) is 11.8 Å². The quantitative estimate of drug-likeness (QED) is 0.784. The van der Waals surface area contributed by atoms with Crippen molar-refractivity contribution in [2.45, 2.75) is 13.8 Å². The van der Waals surface area contributed by atoms with Crippen LogP contribution >= 0.6 is 35.0 Å². The summed E-state index contributed by atoms with van der Waals surface area (Å²) in [7, 11) is 0. The molecule has 0 unspecified atom stereocenters. The summed E-state index contributed by atoms with van der Waals surface area (Å²) >= 11 is 13.9. The van der Waals surface area contributed by atoms with Gasteiger partial charge in [-0.2, -0.15) is 0 Å². The van der Waals surface area contributed by atoms with E-state index in [2.05, 4.69) is 23.7 Å². The summed E-state index contributed by atoms with van der Waals surface area (Å²) in [5.74, 6) is 0.475. The zero-order chi connectivity index (χ0) is 13.6. The van der Waals surface area contributed by atoms with Gasteiger partial charge in [-0.3, -0.25) is 4.99 Å². The van der Waals surface area contributed by atoms with Crippen LogP contribution in [0.3, 0.4) is 0 Å². The SMILES string of the molecule is CC(C)C1=C(c2ccc(Cl)c(Cl)c2)N2CCN=C2S1. The summed E-state index contributed by atoms with van der Waals surface area (Å²) in [4.78, 5) is 8.20. The minimum atomic E-state index is 0.475. The van der Waals surface area contributed by atoms with E-state index in [9.17, 15) is 0 Å². The number of benzene rings is 1. The molecule has 19 heavy (non-hydrogen) atoms. The summed E-state index contributed by atoms with van der Waals surface area (Å²) in [6.07, 6.45) is 0. The average Bonchev–Trinajstić information content (AvgIpc) is 2.92. The summed E-state index contributed by atoms with van der Waals surface area (Å²) in [5, 5.41) is 2.31. The second-order valence-electron chi connectivity index (χ2n) is 4.91. The molecular formula is C14H14Cl2N2S. The zero-order valence-electron chi connectivity index (χ0n) is 10.8. The monoisotopic (exact) mass is 312 g/mol. The van der Waals surface area contributed by atoms with Gasteiger partial charge in [-0.1, -0.05) is 54.9 Å². The van der Waals surface area contributed by atoms with E-state index < -0.39 is 0 Å². The molecule has 0 aromatic heterocycles. The third kappa shape index (κ3) is 2.28. The lowest BCUT2D eigenvalue weighted by Crippen LogP contribution is -2.20. The highest BCUT2D eigenvalue weighted by Gasteiger charge is 2.34. The van der Waals surface area contributed by atoms with Crippen LogP contribution in [0.2, 0.25) is 10.0 Å². The molecule has 2 aliphatic rings. The normalized spacial score (nSPS) is 18.4. The van der Waals surface area contributed by atoms with Gasteiger partial charge in [0.1, 0.15) is 0 Å². The minimum absolute atomic E-state index is 0.475.